The van der Waals surface area contributed by atoms with E-state index in [-0.39, 0.29) is 24.7 Å². The molecule has 7 nitrogen and oxygen atoms in total. The summed E-state index contributed by atoms with van der Waals surface area (Å²) in [6, 6.07) is 14.2. The van der Waals surface area contributed by atoms with Crippen molar-refractivity contribution >= 4 is 63.2 Å². The van der Waals surface area contributed by atoms with Crippen molar-refractivity contribution in [2.75, 3.05) is 24.0 Å². The van der Waals surface area contributed by atoms with Crippen molar-refractivity contribution in [1.29, 1.82) is 0 Å². The third kappa shape index (κ3) is 5.73. The van der Waals surface area contributed by atoms with E-state index in [4.69, 9.17) is 21.1 Å². The van der Waals surface area contributed by atoms with E-state index < -0.39 is 11.9 Å². The fourth-order valence-electron chi connectivity index (χ4n) is 2.72. The summed E-state index contributed by atoms with van der Waals surface area (Å²) in [6.07, 6.45) is 0.352. The monoisotopic (exact) mass is 539 g/mol. The van der Waals surface area contributed by atoms with Crippen LogP contribution in [0.3, 0.4) is 0 Å². The lowest BCUT2D eigenvalue weighted by molar-refractivity contribution is -0.135. The Kier molecular flexibility index (Phi) is 7.69. The van der Waals surface area contributed by atoms with Gasteiger partial charge in [-0.25, -0.2) is 4.79 Å². The van der Waals surface area contributed by atoms with Crippen LogP contribution in [0.2, 0.25) is 5.02 Å². The van der Waals surface area contributed by atoms with Crippen LogP contribution in [-0.4, -0.2) is 30.8 Å². The lowest BCUT2D eigenvalue weighted by atomic mass is 10.1. The smallest absolute Gasteiger partial charge is 0.359 e. The highest BCUT2D eigenvalue weighted by atomic mass is 127. The summed E-state index contributed by atoms with van der Waals surface area (Å²) in [7, 11) is 0. The van der Waals surface area contributed by atoms with Crippen molar-refractivity contribution in [3.05, 3.63) is 68.5 Å². The second kappa shape index (κ2) is 10.4. The van der Waals surface area contributed by atoms with Gasteiger partial charge in [0.2, 0.25) is 0 Å². The molecule has 0 aliphatic carbocycles. The maximum atomic E-state index is 12.8. The molecule has 0 atom stereocenters. The van der Waals surface area contributed by atoms with Crippen molar-refractivity contribution in [1.82, 2.24) is 0 Å². The third-order valence-electron chi connectivity index (χ3n) is 4.06. The van der Waals surface area contributed by atoms with Crippen molar-refractivity contribution in [2.45, 2.75) is 13.3 Å². The Balaban J connectivity index is 1.89. The molecule has 0 bridgehead atoms. The molecular weight excluding hydrogens is 521 g/mol. The molecule has 0 aromatic heterocycles. The highest BCUT2D eigenvalue weighted by Gasteiger charge is 2.31. The predicted molar refractivity (Wildman–Crippen MR) is 125 cm³/mol. The van der Waals surface area contributed by atoms with Crippen molar-refractivity contribution in [3.8, 4) is 0 Å². The van der Waals surface area contributed by atoms with Crippen LogP contribution < -0.4 is 10.7 Å². The average molecular weight is 540 g/mol. The highest BCUT2D eigenvalue weighted by molar-refractivity contribution is 14.1. The van der Waals surface area contributed by atoms with Crippen molar-refractivity contribution in [2.24, 2.45) is 5.10 Å². The van der Waals surface area contributed by atoms with Crippen LogP contribution in [0.4, 0.5) is 11.4 Å². The van der Waals surface area contributed by atoms with Crippen molar-refractivity contribution < 1.29 is 19.1 Å². The molecule has 0 fully saturated rings. The summed E-state index contributed by atoms with van der Waals surface area (Å²) in [5, 5.41) is 7.50. The molecular formula is C21H19ClIN3O4. The Bertz CT molecular complexity index is 1010. The second-order valence-corrected chi connectivity index (χ2v) is 7.85. The fraction of sp³-hybridized carbons (Fsp3) is 0.190. The van der Waals surface area contributed by atoms with Crippen LogP contribution in [0.15, 0.2) is 65.0 Å². The van der Waals surface area contributed by atoms with E-state index in [0.29, 0.717) is 28.4 Å². The van der Waals surface area contributed by atoms with E-state index >= 15 is 0 Å². The molecule has 1 heterocycles. The zero-order chi connectivity index (χ0) is 21.5. The first-order chi connectivity index (χ1) is 14.5. The third-order valence-corrected chi connectivity index (χ3v) is 5.01. The maximum Gasteiger partial charge on any atom is 0.359 e. The molecule has 1 amide bonds. The highest BCUT2D eigenvalue weighted by Crippen LogP contribution is 2.24. The first-order valence-corrected chi connectivity index (χ1v) is 10.6. The molecule has 2 aromatic carbocycles. The number of rotatable bonds is 7. The summed E-state index contributed by atoms with van der Waals surface area (Å²) >= 11 is 8.17. The SMILES string of the molecule is CCOC(=O)C(=NNc1cccc(Cl)c1)C1=C(C(=O)Nc2ccc(I)cc2)OCC1. The van der Waals surface area contributed by atoms with E-state index in [1.807, 2.05) is 12.1 Å². The number of esters is 1. The summed E-state index contributed by atoms with van der Waals surface area (Å²) in [4.78, 5) is 25.3. The van der Waals surface area contributed by atoms with Gasteiger partial charge in [-0.05, 0) is 72.0 Å². The summed E-state index contributed by atoms with van der Waals surface area (Å²) in [6.45, 7) is 2.14. The van der Waals surface area contributed by atoms with E-state index in [9.17, 15) is 9.59 Å². The number of carbonyl (C=O) groups is 2. The van der Waals surface area contributed by atoms with Gasteiger partial charge in [0, 0.05) is 26.3 Å². The lowest BCUT2D eigenvalue weighted by Gasteiger charge is -2.10. The van der Waals surface area contributed by atoms with Gasteiger partial charge in [-0.1, -0.05) is 17.7 Å². The topological polar surface area (TPSA) is 89.0 Å². The number of carbonyl (C=O) groups excluding carboxylic acids is 2. The van der Waals surface area contributed by atoms with Gasteiger partial charge in [-0.15, -0.1) is 0 Å². The number of hydrazone groups is 1. The van der Waals surface area contributed by atoms with Crippen LogP contribution in [0.5, 0.6) is 0 Å². The average Bonchev–Trinajstić information content (AvgIpc) is 3.20. The second-order valence-electron chi connectivity index (χ2n) is 6.17. The zero-order valence-electron chi connectivity index (χ0n) is 16.1. The Labute approximate surface area is 192 Å². The van der Waals surface area contributed by atoms with Crippen LogP contribution in [0.1, 0.15) is 13.3 Å². The standard InChI is InChI=1S/C21H19ClIN3O4/c1-2-29-21(28)18(26-25-16-5-3-4-13(22)12-16)17-10-11-30-19(17)20(27)24-15-8-6-14(23)7-9-15/h3-9,12,25H,2,10-11H2,1H3,(H,24,27). The number of halogens is 2. The van der Waals surface area contributed by atoms with Gasteiger partial charge in [0.1, 0.15) is 0 Å². The number of amides is 1. The minimum atomic E-state index is -0.646. The first kappa shape index (κ1) is 22.1. The van der Waals surface area contributed by atoms with Crippen LogP contribution in [-0.2, 0) is 19.1 Å². The molecule has 3 rings (SSSR count). The number of hydrogen-bond acceptors (Lipinski definition) is 6. The largest absolute Gasteiger partial charge is 0.487 e. The molecule has 9 heteroatoms. The molecule has 0 spiro atoms. The van der Waals surface area contributed by atoms with E-state index in [0.717, 1.165) is 3.57 Å². The van der Waals surface area contributed by atoms with Gasteiger partial charge in [0.15, 0.2) is 11.5 Å². The number of ether oxygens (including phenoxy) is 2. The number of nitrogens with zero attached hydrogens (tertiary/aromatic N) is 1. The van der Waals surface area contributed by atoms with E-state index in [1.165, 1.54) is 0 Å². The molecule has 0 unspecified atom stereocenters. The first-order valence-electron chi connectivity index (χ1n) is 9.17. The molecule has 0 saturated heterocycles. The Morgan fingerprint density at radius 2 is 1.97 bits per heavy atom. The Morgan fingerprint density at radius 1 is 1.20 bits per heavy atom. The molecule has 0 saturated carbocycles. The molecule has 30 heavy (non-hydrogen) atoms. The molecule has 1 aliphatic rings. The van der Waals surface area contributed by atoms with Crippen LogP contribution in [0, 0.1) is 3.57 Å². The molecule has 2 N–H and O–H groups in total. The number of anilines is 2. The summed E-state index contributed by atoms with van der Waals surface area (Å²) < 4.78 is 11.7. The number of nitrogens with one attached hydrogen (secondary N) is 2. The quantitative estimate of drug-likeness (QED) is 0.233. The zero-order valence-corrected chi connectivity index (χ0v) is 19.0. The van der Waals surface area contributed by atoms with Gasteiger partial charge in [-0.2, -0.15) is 5.10 Å². The van der Waals surface area contributed by atoms with Gasteiger partial charge in [0.25, 0.3) is 5.91 Å². The fourth-order valence-corrected chi connectivity index (χ4v) is 3.27. The van der Waals surface area contributed by atoms with Gasteiger partial charge < -0.3 is 14.8 Å². The van der Waals surface area contributed by atoms with Gasteiger partial charge in [-0.3, -0.25) is 10.2 Å². The van der Waals surface area contributed by atoms with E-state index in [1.54, 1.807) is 43.3 Å². The van der Waals surface area contributed by atoms with E-state index in [2.05, 4.69) is 38.4 Å². The van der Waals surface area contributed by atoms with Gasteiger partial charge in [0.05, 0.1) is 18.9 Å². The summed E-state index contributed by atoms with van der Waals surface area (Å²) in [5.74, 6) is -1.05. The normalized spacial score (nSPS) is 13.6. The van der Waals surface area contributed by atoms with Crippen LogP contribution >= 0.6 is 34.2 Å². The van der Waals surface area contributed by atoms with Crippen molar-refractivity contribution in [3.63, 3.8) is 0 Å². The lowest BCUT2D eigenvalue weighted by Crippen LogP contribution is -2.24. The minimum absolute atomic E-state index is 0.0120. The Hall–Kier alpha value is -2.59. The number of hydrogen-bond donors (Lipinski definition) is 2. The van der Waals surface area contributed by atoms with Crippen LogP contribution in [0.25, 0.3) is 0 Å². The predicted octanol–water partition coefficient (Wildman–Crippen LogP) is 4.59. The molecule has 0 radical (unpaired) electrons. The Morgan fingerprint density at radius 3 is 2.67 bits per heavy atom. The molecule has 1 aliphatic heterocycles. The van der Waals surface area contributed by atoms with Gasteiger partial charge >= 0.3 is 5.97 Å². The number of benzene rings is 2. The summed E-state index contributed by atoms with van der Waals surface area (Å²) in [5.41, 5.74) is 4.38. The maximum absolute atomic E-state index is 12.8. The molecule has 2 aromatic rings. The minimum Gasteiger partial charge on any atom is -0.487 e. The molecule has 156 valence electrons.